The fourth-order valence-corrected chi connectivity index (χ4v) is 3.28. The number of nitrogens with zero attached hydrogens (tertiary/aromatic N) is 1. The Bertz CT molecular complexity index is 587. The molecule has 3 rings (SSSR count). The number of hydrogen-bond donors (Lipinski definition) is 1. The van der Waals surface area contributed by atoms with Crippen LogP contribution in [0.3, 0.4) is 0 Å². The van der Waals surface area contributed by atoms with Crippen LogP contribution in [0.2, 0.25) is 5.02 Å². The highest BCUT2D eigenvalue weighted by Crippen LogP contribution is 2.34. The molecule has 1 unspecified atom stereocenters. The van der Waals surface area contributed by atoms with E-state index < -0.39 is 0 Å². The van der Waals surface area contributed by atoms with E-state index in [0.29, 0.717) is 16.8 Å². The van der Waals surface area contributed by atoms with Gasteiger partial charge in [0.1, 0.15) is 5.52 Å². The van der Waals surface area contributed by atoms with Crippen LogP contribution in [0, 0.1) is 12.8 Å². The Morgan fingerprint density at radius 2 is 2.05 bits per heavy atom. The molecule has 3 nitrogen and oxygen atoms in total. The summed E-state index contributed by atoms with van der Waals surface area (Å²) in [6.45, 7) is 1.98. The first-order valence-electron chi connectivity index (χ1n) is 6.97. The van der Waals surface area contributed by atoms with Gasteiger partial charge in [-0.15, -0.1) is 0 Å². The normalized spacial score (nSPS) is 18.9. The molecule has 0 aliphatic heterocycles. The van der Waals surface area contributed by atoms with E-state index >= 15 is 0 Å². The third kappa shape index (κ3) is 2.49. The first kappa shape index (κ1) is 12.9. The van der Waals surface area contributed by atoms with Crippen molar-refractivity contribution in [3.05, 3.63) is 28.6 Å². The molecule has 0 spiro atoms. The summed E-state index contributed by atoms with van der Waals surface area (Å²) in [6.07, 6.45) is 6.22. The second-order valence-electron chi connectivity index (χ2n) is 5.55. The Labute approximate surface area is 118 Å². The maximum atomic E-state index is 6.33. The zero-order valence-electron chi connectivity index (χ0n) is 11.2. The van der Waals surface area contributed by atoms with Crippen molar-refractivity contribution in [1.29, 1.82) is 0 Å². The molecular formula is C15H19ClN2O. The summed E-state index contributed by atoms with van der Waals surface area (Å²) in [7, 11) is 0. The second kappa shape index (κ2) is 5.14. The summed E-state index contributed by atoms with van der Waals surface area (Å²) in [4.78, 5) is 4.53. The van der Waals surface area contributed by atoms with Crippen molar-refractivity contribution in [3.63, 3.8) is 0 Å². The van der Waals surface area contributed by atoms with E-state index in [1.54, 1.807) is 0 Å². The Kier molecular flexibility index (Phi) is 3.50. The van der Waals surface area contributed by atoms with E-state index in [0.717, 1.165) is 16.7 Å². The van der Waals surface area contributed by atoms with Gasteiger partial charge in [-0.3, -0.25) is 0 Å². The highest BCUT2D eigenvalue weighted by Gasteiger charge is 2.26. The third-order valence-corrected chi connectivity index (χ3v) is 4.32. The lowest BCUT2D eigenvalue weighted by atomic mass is 9.84. The molecule has 0 amide bonds. The van der Waals surface area contributed by atoms with Crippen LogP contribution in [-0.4, -0.2) is 4.98 Å². The topological polar surface area (TPSA) is 52.0 Å². The van der Waals surface area contributed by atoms with Crippen molar-refractivity contribution in [3.8, 4) is 0 Å². The monoisotopic (exact) mass is 278 g/mol. The zero-order valence-corrected chi connectivity index (χ0v) is 11.9. The molecule has 1 aliphatic rings. The standard InChI is InChI=1S/C15H19ClN2O/c1-9-7-11(16)8-12-14(9)19-15(18-12)13(17)10-5-3-2-4-6-10/h7-8,10,13H,2-6,17H2,1H3. The SMILES string of the molecule is Cc1cc(Cl)cc2nc(C(N)C3CCCCC3)oc12. The number of fused-ring (bicyclic) bond motifs is 1. The lowest BCUT2D eigenvalue weighted by Gasteiger charge is -2.25. The molecule has 0 saturated heterocycles. The van der Waals surface area contributed by atoms with Gasteiger partial charge < -0.3 is 10.2 Å². The van der Waals surface area contributed by atoms with Gasteiger partial charge in [0.25, 0.3) is 0 Å². The number of halogens is 1. The van der Waals surface area contributed by atoms with Crippen molar-refractivity contribution in [2.24, 2.45) is 11.7 Å². The Morgan fingerprint density at radius 3 is 2.79 bits per heavy atom. The number of hydrogen-bond acceptors (Lipinski definition) is 3. The molecular weight excluding hydrogens is 260 g/mol. The van der Waals surface area contributed by atoms with E-state index in [1.807, 2.05) is 19.1 Å². The van der Waals surface area contributed by atoms with Gasteiger partial charge in [-0.1, -0.05) is 30.9 Å². The van der Waals surface area contributed by atoms with Crippen molar-refractivity contribution < 1.29 is 4.42 Å². The van der Waals surface area contributed by atoms with Crippen molar-refractivity contribution in [1.82, 2.24) is 4.98 Å². The molecule has 1 atom stereocenters. The summed E-state index contributed by atoms with van der Waals surface area (Å²) in [5, 5.41) is 0.691. The molecule has 1 fully saturated rings. The molecule has 1 aromatic heterocycles. The van der Waals surface area contributed by atoms with Crippen LogP contribution in [0.4, 0.5) is 0 Å². The maximum Gasteiger partial charge on any atom is 0.212 e. The molecule has 2 aromatic rings. The predicted molar refractivity (Wildman–Crippen MR) is 77.3 cm³/mol. The van der Waals surface area contributed by atoms with Gasteiger partial charge in [0.15, 0.2) is 5.58 Å². The van der Waals surface area contributed by atoms with Gasteiger partial charge in [-0.25, -0.2) is 4.98 Å². The molecule has 1 heterocycles. The van der Waals surface area contributed by atoms with Crippen molar-refractivity contribution in [2.75, 3.05) is 0 Å². The van der Waals surface area contributed by atoms with E-state index in [-0.39, 0.29) is 6.04 Å². The highest BCUT2D eigenvalue weighted by molar-refractivity contribution is 6.31. The average Bonchev–Trinajstić information content (AvgIpc) is 2.83. The molecule has 1 aliphatic carbocycles. The summed E-state index contributed by atoms with van der Waals surface area (Å²) in [5.74, 6) is 1.16. The fourth-order valence-electron chi connectivity index (χ4n) is 3.01. The second-order valence-corrected chi connectivity index (χ2v) is 5.98. The number of aromatic nitrogens is 1. The zero-order chi connectivity index (χ0) is 13.4. The molecule has 1 aromatic carbocycles. The quantitative estimate of drug-likeness (QED) is 0.887. The van der Waals surface area contributed by atoms with Crippen molar-refractivity contribution in [2.45, 2.75) is 45.1 Å². The van der Waals surface area contributed by atoms with Crippen LogP contribution in [0.25, 0.3) is 11.1 Å². The maximum absolute atomic E-state index is 6.33. The Hall–Kier alpha value is -1.06. The van der Waals surface area contributed by atoms with E-state index in [2.05, 4.69) is 4.98 Å². The fraction of sp³-hybridized carbons (Fsp3) is 0.533. The van der Waals surface area contributed by atoms with Crippen LogP contribution >= 0.6 is 11.6 Å². The minimum atomic E-state index is -0.0918. The van der Waals surface area contributed by atoms with Crippen LogP contribution < -0.4 is 5.73 Å². The molecule has 0 bridgehead atoms. The van der Waals surface area contributed by atoms with Gasteiger partial charge in [-0.05, 0) is 43.4 Å². The predicted octanol–water partition coefficient (Wildman–Crippen LogP) is 4.37. The van der Waals surface area contributed by atoms with E-state index in [4.69, 9.17) is 21.8 Å². The molecule has 0 radical (unpaired) electrons. The molecule has 4 heteroatoms. The van der Waals surface area contributed by atoms with Crippen molar-refractivity contribution >= 4 is 22.7 Å². The van der Waals surface area contributed by atoms with Gasteiger partial charge in [-0.2, -0.15) is 0 Å². The lowest BCUT2D eigenvalue weighted by molar-refractivity contribution is 0.278. The van der Waals surface area contributed by atoms with Gasteiger partial charge in [0.2, 0.25) is 5.89 Å². The number of aryl methyl sites for hydroxylation is 1. The average molecular weight is 279 g/mol. The van der Waals surface area contributed by atoms with Crippen LogP contribution in [0.5, 0.6) is 0 Å². The summed E-state index contributed by atoms with van der Waals surface area (Å²) in [5.41, 5.74) is 8.97. The molecule has 2 N–H and O–H groups in total. The lowest BCUT2D eigenvalue weighted by Crippen LogP contribution is -2.23. The summed E-state index contributed by atoms with van der Waals surface area (Å²) >= 11 is 6.05. The number of rotatable bonds is 2. The smallest absolute Gasteiger partial charge is 0.212 e. The first-order valence-corrected chi connectivity index (χ1v) is 7.35. The number of oxazole rings is 1. The van der Waals surface area contributed by atoms with Gasteiger partial charge in [0, 0.05) is 5.02 Å². The summed E-state index contributed by atoms with van der Waals surface area (Å²) in [6, 6.07) is 3.64. The minimum absolute atomic E-state index is 0.0918. The number of nitrogens with two attached hydrogens (primary N) is 1. The highest BCUT2D eigenvalue weighted by atomic mass is 35.5. The molecule has 1 saturated carbocycles. The van der Waals surface area contributed by atoms with E-state index in [9.17, 15) is 0 Å². The first-order chi connectivity index (χ1) is 9.15. The summed E-state index contributed by atoms with van der Waals surface area (Å²) < 4.78 is 5.87. The number of benzene rings is 1. The van der Waals surface area contributed by atoms with Gasteiger partial charge >= 0.3 is 0 Å². The minimum Gasteiger partial charge on any atom is -0.439 e. The molecule has 102 valence electrons. The Balaban J connectivity index is 1.94. The van der Waals surface area contributed by atoms with Crippen LogP contribution in [-0.2, 0) is 0 Å². The largest absolute Gasteiger partial charge is 0.439 e. The third-order valence-electron chi connectivity index (χ3n) is 4.10. The van der Waals surface area contributed by atoms with E-state index in [1.165, 1.54) is 32.1 Å². The van der Waals surface area contributed by atoms with Gasteiger partial charge in [0.05, 0.1) is 6.04 Å². The van der Waals surface area contributed by atoms with Crippen LogP contribution in [0.15, 0.2) is 16.5 Å². The van der Waals surface area contributed by atoms with Crippen LogP contribution in [0.1, 0.15) is 49.6 Å². The molecule has 19 heavy (non-hydrogen) atoms. The Morgan fingerprint density at radius 1 is 1.32 bits per heavy atom.